The van der Waals surface area contributed by atoms with E-state index in [1.165, 1.54) is 0 Å². The van der Waals surface area contributed by atoms with Gasteiger partial charge in [0.05, 0.1) is 0 Å². The highest BCUT2D eigenvalue weighted by Gasteiger charge is 2.09. The zero-order chi connectivity index (χ0) is 13.8. The van der Waals surface area contributed by atoms with Crippen LogP contribution in [-0.2, 0) is 0 Å². The summed E-state index contributed by atoms with van der Waals surface area (Å²) < 4.78 is 0. The molecule has 0 saturated heterocycles. The van der Waals surface area contributed by atoms with Crippen molar-refractivity contribution in [3.63, 3.8) is 0 Å². The van der Waals surface area contributed by atoms with Gasteiger partial charge in [0.25, 0.3) is 0 Å². The van der Waals surface area contributed by atoms with Gasteiger partial charge >= 0.3 is 6.09 Å². The molecule has 108 valence electrons. The lowest BCUT2D eigenvalue weighted by Crippen LogP contribution is -2.42. The highest BCUT2D eigenvalue weighted by Crippen LogP contribution is 2.00. The predicted molar refractivity (Wildman–Crippen MR) is 72.4 cm³/mol. The zero-order valence-electron chi connectivity index (χ0n) is 11.0. The molecule has 1 amide bonds. The third-order valence-electron chi connectivity index (χ3n) is 2.66. The molecular weight excluding hydrogens is 234 g/mol. The molecule has 1 atom stereocenters. The van der Waals surface area contributed by atoms with Crippen LogP contribution in [0.1, 0.15) is 19.3 Å². The van der Waals surface area contributed by atoms with E-state index in [1.54, 1.807) is 0 Å². The molecule has 0 heterocycles. The number of hydrogen-bond acceptors (Lipinski definition) is 5. The van der Waals surface area contributed by atoms with Crippen LogP contribution in [0.2, 0.25) is 0 Å². The minimum Gasteiger partial charge on any atom is -0.465 e. The molecule has 0 aromatic heterocycles. The number of nitrogens with two attached hydrogens (primary N) is 3. The van der Waals surface area contributed by atoms with Crippen LogP contribution in [0.4, 0.5) is 4.79 Å². The predicted octanol–water partition coefficient (Wildman–Crippen LogP) is -1.03. The van der Waals surface area contributed by atoms with Crippen LogP contribution in [0.3, 0.4) is 0 Å². The quantitative estimate of drug-likeness (QED) is 0.302. The number of amides is 1. The molecule has 0 aliphatic heterocycles. The number of carbonyl (C=O) groups is 1. The van der Waals surface area contributed by atoms with E-state index in [2.05, 4.69) is 10.2 Å². The fraction of sp³-hybridized carbons (Fsp3) is 0.909. The van der Waals surface area contributed by atoms with Gasteiger partial charge in [-0.3, -0.25) is 4.90 Å². The van der Waals surface area contributed by atoms with Gasteiger partial charge in [-0.1, -0.05) is 6.42 Å². The van der Waals surface area contributed by atoms with E-state index in [4.69, 9.17) is 22.3 Å². The van der Waals surface area contributed by atoms with E-state index < -0.39 is 6.09 Å². The minimum atomic E-state index is -0.976. The molecule has 0 aromatic carbocycles. The van der Waals surface area contributed by atoms with Gasteiger partial charge < -0.3 is 27.6 Å². The number of unbranched alkanes of at least 4 members (excludes halogenated alkanes) is 1. The van der Waals surface area contributed by atoms with Crippen LogP contribution in [0, 0.1) is 0 Å². The number of rotatable bonds is 11. The van der Waals surface area contributed by atoms with Crippen molar-refractivity contribution in [2.24, 2.45) is 17.2 Å². The van der Waals surface area contributed by atoms with E-state index in [1.807, 2.05) is 0 Å². The Hall–Kier alpha value is -0.890. The molecule has 0 bridgehead atoms. The first-order valence-electron chi connectivity index (χ1n) is 6.45. The lowest BCUT2D eigenvalue weighted by Gasteiger charge is -2.24. The van der Waals surface area contributed by atoms with Crippen LogP contribution in [0.15, 0.2) is 0 Å². The summed E-state index contributed by atoms with van der Waals surface area (Å²) in [5.41, 5.74) is 17.0. The van der Waals surface area contributed by atoms with Crippen molar-refractivity contribution in [3.8, 4) is 0 Å². The number of hydrogen-bond donors (Lipinski definition) is 5. The summed E-state index contributed by atoms with van der Waals surface area (Å²) >= 11 is 0. The number of nitrogens with zero attached hydrogens (tertiary/aromatic N) is 1. The first kappa shape index (κ1) is 17.1. The Bertz CT molecular complexity index is 210. The van der Waals surface area contributed by atoms with E-state index in [0.29, 0.717) is 19.6 Å². The van der Waals surface area contributed by atoms with Gasteiger partial charge in [-0.25, -0.2) is 4.79 Å². The standard InChI is InChI=1S/C11H27N5O2/c12-4-7-16(8-5-13)9-10(14)3-1-2-6-15-11(17)18/h10,15H,1-9,12-14H2,(H,17,18). The molecule has 7 heteroatoms. The van der Waals surface area contributed by atoms with Crippen molar-refractivity contribution in [1.29, 1.82) is 0 Å². The molecule has 0 aliphatic carbocycles. The molecule has 7 nitrogen and oxygen atoms in total. The van der Waals surface area contributed by atoms with Crippen molar-refractivity contribution in [1.82, 2.24) is 10.2 Å². The highest BCUT2D eigenvalue weighted by molar-refractivity contribution is 5.64. The Morgan fingerprint density at radius 2 is 1.83 bits per heavy atom. The monoisotopic (exact) mass is 261 g/mol. The Kier molecular flexibility index (Phi) is 10.7. The maximum Gasteiger partial charge on any atom is 0.404 e. The lowest BCUT2D eigenvalue weighted by atomic mass is 10.1. The molecule has 8 N–H and O–H groups in total. The third-order valence-corrected chi connectivity index (χ3v) is 2.66. The Labute approximate surface area is 109 Å². The first-order valence-corrected chi connectivity index (χ1v) is 6.45. The van der Waals surface area contributed by atoms with Gasteiger partial charge in [0.15, 0.2) is 0 Å². The van der Waals surface area contributed by atoms with Gasteiger partial charge in [-0.2, -0.15) is 0 Å². The lowest BCUT2D eigenvalue weighted by molar-refractivity contribution is 0.194. The van der Waals surface area contributed by atoms with Crippen LogP contribution in [0.5, 0.6) is 0 Å². The average Bonchev–Trinajstić information content (AvgIpc) is 2.28. The SMILES string of the molecule is NCCN(CCN)CC(N)CCCCNC(=O)O. The van der Waals surface area contributed by atoms with Crippen molar-refractivity contribution in [2.75, 3.05) is 39.3 Å². The summed E-state index contributed by atoms with van der Waals surface area (Å²) in [6.45, 7) is 4.11. The van der Waals surface area contributed by atoms with E-state index >= 15 is 0 Å². The maximum atomic E-state index is 10.2. The molecule has 1 unspecified atom stereocenters. The number of nitrogens with one attached hydrogen (secondary N) is 1. The molecule has 0 spiro atoms. The molecule has 0 aliphatic rings. The second-order valence-corrected chi connectivity index (χ2v) is 4.37. The fourth-order valence-electron chi connectivity index (χ4n) is 1.81. The second-order valence-electron chi connectivity index (χ2n) is 4.37. The highest BCUT2D eigenvalue weighted by atomic mass is 16.4. The van der Waals surface area contributed by atoms with Gasteiger partial charge in [0.1, 0.15) is 0 Å². The molecule has 0 saturated carbocycles. The minimum absolute atomic E-state index is 0.0907. The van der Waals surface area contributed by atoms with E-state index in [0.717, 1.165) is 38.9 Å². The van der Waals surface area contributed by atoms with Gasteiger partial charge in [0.2, 0.25) is 0 Å². The summed E-state index contributed by atoms with van der Waals surface area (Å²) in [5, 5.41) is 10.7. The van der Waals surface area contributed by atoms with Crippen LogP contribution >= 0.6 is 0 Å². The maximum absolute atomic E-state index is 10.2. The third kappa shape index (κ3) is 10.3. The molecule has 18 heavy (non-hydrogen) atoms. The van der Waals surface area contributed by atoms with Gasteiger partial charge in [-0.15, -0.1) is 0 Å². The molecule has 0 fully saturated rings. The van der Waals surface area contributed by atoms with Gasteiger partial charge in [0, 0.05) is 45.3 Å². The van der Waals surface area contributed by atoms with Crippen LogP contribution in [-0.4, -0.2) is 61.4 Å². The van der Waals surface area contributed by atoms with Crippen LogP contribution in [0.25, 0.3) is 0 Å². The summed E-state index contributed by atoms with van der Waals surface area (Å²) in [7, 11) is 0. The smallest absolute Gasteiger partial charge is 0.404 e. The van der Waals surface area contributed by atoms with E-state index in [9.17, 15) is 4.79 Å². The average molecular weight is 261 g/mol. The number of carboxylic acid groups (broad SMARTS) is 1. The normalized spacial score (nSPS) is 12.7. The largest absolute Gasteiger partial charge is 0.465 e. The topological polar surface area (TPSA) is 131 Å². The van der Waals surface area contributed by atoms with Crippen molar-refractivity contribution in [2.45, 2.75) is 25.3 Å². The Morgan fingerprint density at radius 1 is 1.22 bits per heavy atom. The summed E-state index contributed by atoms with van der Waals surface area (Å²) in [6, 6.07) is 0.0907. The van der Waals surface area contributed by atoms with Crippen LogP contribution < -0.4 is 22.5 Å². The summed E-state index contributed by atoms with van der Waals surface area (Å²) in [6.07, 6.45) is 1.64. The first-order chi connectivity index (χ1) is 8.60. The zero-order valence-corrected chi connectivity index (χ0v) is 11.0. The summed E-state index contributed by atoms with van der Waals surface area (Å²) in [4.78, 5) is 12.4. The Balaban J connectivity index is 3.60. The van der Waals surface area contributed by atoms with E-state index in [-0.39, 0.29) is 6.04 Å². The van der Waals surface area contributed by atoms with Gasteiger partial charge in [-0.05, 0) is 12.8 Å². The van der Waals surface area contributed by atoms with Crippen molar-refractivity contribution in [3.05, 3.63) is 0 Å². The molecular formula is C11H27N5O2. The summed E-state index contributed by atoms with van der Waals surface area (Å²) in [5.74, 6) is 0. The molecule has 0 aromatic rings. The fourth-order valence-corrected chi connectivity index (χ4v) is 1.81. The molecule has 0 rings (SSSR count). The van der Waals surface area contributed by atoms with Crippen molar-refractivity contribution < 1.29 is 9.90 Å². The Morgan fingerprint density at radius 3 is 2.33 bits per heavy atom. The molecule has 0 radical (unpaired) electrons. The second kappa shape index (κ2) is 11.2. The van der Waals surface area contributed by atoms with Crippen molar-refractivity contribution >= 4 is 6.09 Å².